The molecular formula is C9H18N2O2. The topological polar surface area (TPSA) is 75.3 Å². The van der Waals surface area contributed by atoms with Crippen LogP contribution in [0.1, 0.15) is 27.2 Å². The molecule has 3 unspecified atom stereocenters. The predicted molar refractivity (Wildman–Crippen MR) is 50.0 cm³/mol. The number of rotatable bonds is 3. The van der Waals surface area contributed by atoms with Gasteiger partial charge < -0.3 is 16.2 Å². The summed E-state index contributed by atoms with van der Waals surface area (Å²) in [6.07, 6.45) is 0.426. The number of nitrogens with two attached hydrogens (primary N) is 1. The highest BCUT2D eigenvalue weighted by Crippen LogP contribution is 2.40. The van der Waals surface area contributed by atoms with Gasteiger partial charge in [0.05, 0.1) is 12.1 Å². The smallest absolute Gasteiger partial charge is 0.234 e. The lowest BCUT2D eigenvalue weighted by molar-refractivity contribution is -0.122. The summed E-state index contributed by atoms with van der Waals surface area (Å²) in [5, 5.41) is 12.5. The van der Waals surface area contributed by atoms with Crippen LogP contribution in [0.2, 0.25) is 0 Å². The first kappa shape index (κ1) is 10.5. The number of hydrogen-bond donors (Lipinski definition) is 3. The van der Waals surface area contributed by atoms with Gasteiger partial charge in [0.1, 0.15) is 0 Å². The first-order valence-electron chi connectivity index (χ1n) is 4.59. The molecule has 13 heavy (non-hydrogen) atoms. The molecule has 0 spiro atoms. The summed E-state index contributed by atoms with van der Waals surface area (Å²) in [5.41, 5.74) is 4.97. The van der Waals surface area contributed by atoms with Crippen LogP contribution in [0.15, 0.2) is 0 Å². The Morgan fingerprint density at radius 3 is 2.54 bits per heavy atom. The number of aliphatic hydroxyl groups excluding tert-OH is 1. The maximum absolute atomic E-state index is 10.8. The van der Waals surface area contributed by atoms with Crippen LogP contribution in [0.4, 0.5) is 0 Å². The second kappa shape index (κ2) is 3.27. The van der Waals surface area contributed by atoms with Crippen LogP contribution in [0.3, 0.4) is 0 Å². The second-order valence-electron chi connectivity index (χ2n) is 4.42. The molecule has 4 N–H and O–H groups in total. The summed E-state index contributed by atoms with van der Waals surface area (Å²) in [7, 11) is 0. The highest BCUT2D eigenvalue weighted by atomic mass is 16.3. The van der Waals surface area contributed by atoms with E-state index < -0.39 is 0 Å². The molecule has 0 radical (unpaired) electrons. The number of primary amides is 1. The van der Waals surface area contributed by atoms with E-state index in [-0.39, 0.29) is 29.5 Å². The number of carbonyl (C=O) groups excluding carboxylic acids is 1. The largest absolute Gasteiger partial charge is 0.392 e. The molecule has 76 valence electrons. The Labute approximate surface area is 78.5 Å². The molecule has 0 aliphatic heterocycles. The quantitative estimate of drug-likeness (QED) is 0.562. The fourth-order valence-electron chi connectivity index (χ4n) is 1.57. The maximum atomic E-state index is 10.8. The fraction of sp³-hybridized carbons (Fsp3) is 0.889. The first-order valence-corrected chi connectivity index (χ1v) is 4.59. The Morgan fingerprint density at radius 2 is 2.23 bits per heavy atom. The van der Waals surface area contributed by atoms with Gasteiger partial charge in [0.2, 0.25) is 5.91 Å². The molecule has 1 saturated carbocycles. The van der Waals surface area contributed by atoms with Crippen LogP contribution in [0, 0.1) is 5.41 Å². The molecule has 1 aliphatic rings. The van der Waals surface area contributed by atoms with E-state index in [0.717, 1.165) is 0 Å². The van der Waals surface area contributed by atoms with Crippen molar-refractivity contribution in [1.29, 1.82) is 0 Å². The summed E-state index contributed by atoms with van der Waals surface area (Å²) in [4.78, 5) is 10.8. The summed E-state index contributed by atoms with van der Waals surface area (Å²) < 4.78 is 0. The summed E-state index contributed by atoms with van der Waals surface area (Å²) in [5.74, 6) is -0.350. The third kappa shape index (κ3) is 1.84. The van der Waals surface area contributed by atoms with Gasteiger partial charge >= 0.3 is 0 Å². The van der Waals surface area contributed by atoms with Gasteiger partial charge in [-0.25, -0.2) is 0 Å². The van der Waals surface area contributed by atoms with Gasteiger partial charge in [-0.1, -0.05) is 13.8 Å². The van der Waals surface area contributed by atoms with Crippen molar-refractivity contribution in [1.82, 2.24) is 5.32 Å². The minimum Gasteiger partial charge on any atom is -0.392 e. The number of nitrogens with one attached hydrogen (secondary N) is 1. The molecule has 0 aromatic heterocycles. The van der Waals surface area contributed by atoms with Gasteiger partial charge in [0.15, 0.2) is 0 Å². The standard InChI is InChI=1S/C9H18N2O2/c1-5(8(10)13)11-6-4-7(12)9(6,2)3/h5-7,11-12H,4H2,1-3H3,(H2,10,13). The average molecular weight is 186 g/mol. The zero-order valence-electron chi connectivity index (χ0n) is 8.37. The lowest BCUT2D eigenvalue weighted by atomic mass is 9.64. The number of amides is 1. The Kier molecular flexibility index (Phi) is 2.63. The lowest BCUT2D eigenvalue weighted by Crippen LogP contribution is -2.63. The van der Waals surface area contributed by atoms with Crippen LogP contribution < -0.4 is 11.1 Å². The Balaban J connectivity index is 2.45. The van der Waals surface area contributed by atoms with Gasteiger partial charge in [0, 0.05) is 11.5 Å². The van der Waals surface area contributed by atoms with Gasteiger partial charge in [-0.3, -0.25) is 4.79 Å². The van der Waals surface area contributed by atoms with E-state index in [4.69, 9.17) is 5.73 Å². The Bertz CT molecular complexity index is 216. The highest BCUT2D eigenvalue weighted by molar-refractivity contribution is 5.79. The molecule has 3 atom stereocenters. The first-order chi connectivity index (χ1) is 5.85. The van der Waals surface area contributed by atoms with E-state index in [1.54, 1.807) is 6.92 Å². The lowest BCUT2D eigenvalue weighted by Gasteiger charge is -2.50. The van der Waals surface area contributed by atoms with Crippen LogP contribution in [-0.2, 0) is 4.79 Å². The fourth-order valence-corrected chi connectivity index (χ4v) is 1.57. The number of hydrogen-bond acceptors (Lipinski definition) is 3. The number of aliphatic hydroxyl groups is 1. The molecule has 1 aliphatic carbocycles. The molecule has 0 saturated heterocycles. The maximum Gasteiger partial charge on any atom is 0.234 e. The molecule has 0 heterocycles. The van der Waals surface area contributed by atoms with Crippen molar-refractivity contribution in [3.05, 3.63) is 0 Å². The second-order valence-corrected chi connectivity index (χ2v) is 4.42. The van der Waals surface area contributed by atoms with Crippen LogP contribution in [0.5, 0.6) is 0 Å². The van der Waals surface area contributed by atoms with Crippen molar-refractivity contribution >= 4 is 5.91 Å². The minimum atomic E-state index is -0.350. The van der Waals surface area contributed by atoms with Gasteiger partial charge in [-0.05, 0) is 13.3 Å². The van der Waals surface area contributed by atoms with Crippen LogP contribution >= 0.6 is 0 Å². The van der Waals surface area contributed by atoms with Gasteiger partial charge in [0.25, 0.3) is 0 Å². The van der Waals surface area contributed by atoms with E-state index >= 15 is 0 Å². The van der Waals surface area contributed by atoms with Crippen molar-refractivity contribution in [2.45, 2.75) is 45.4 Å². The van der Waals surface area contributed by atoms with Crippen LogP contribution in [0.25, 0.3) is 0 Å². The zero-order chi connectivity index (χ0) is 10.2. The van der Waals surface area contributed by atoms with Crippen molar-refractivity contribution in [3.63, 3.8) is 0 Å². The van der Waals surface area contributed by atoms with Gasteiger partial charge in [-0.15, -0.1) is 0 Å². The average Bonchev–Trinajstić information content (AvgIpc) is 2.03. The molecule has 4 heteroatoms. The van der Waals surface area contributed by atoms with E-state index in [9.17, 15) is 9.90 Å². The molecule has 0 aromatic rings. The molecule has 1 fully saturated rings. The third-order valence-electron chi connectivity index (χ3n) is 3.09. The van der Waals surface area contributed by atoms with Crippen molar-refractivity contribution in [2.24, 2.45) is 11.1 Å². The molecule has 1 amide bonds. The van der Waals surface area contributed by atoms with E-state index in [0.29, 0.717) is 6.42 Å². The van der Waals surface area contributed by atoms with Gasteiger partial charge in [-0.2, -0.15) is 0 Å². The zero-order valence-corrected chi connectivity index (χ0v) is 8.37. The monoisotopic (exact) mass is 186 g/mol. The summed E-state index contributed by atoms with van der Waals surface area (Å²) in [6, 6.07) is -0.137. The third-order valence-corrected chi connectivity index (χ3v) is 3.09. The molecule has 0 bridgehead atoms. The Morgan fingerprint density at radius 1 is 1.69 bits per heavy atom. The summed E-state index contributed by atoms with van der Waals surface area (Å²) in [6.45, 7) is 5.70. The van der Waals surface area contributed by atoms with E-state index in [2.05, 4.69) is 5.32 Å². The van der Waals surface area contributed by atoms with Crippen molar-refractivity contribution < 1.29 is 9.90 Å². The van der Waals surface area contributed by atoms with Crippen molar-refractivity contribution in [2.75, 3.05) is 0 Å². The van der Waals surface area contributed by atoms with Crippen LogP contribution in [-0.4, -0.2) is 29.2 Å². The SMILES string of the molecule is CC(NC1CC(O)C1(C)C)C(N)=O. The molecule has 0 aromatic carbocycles. The van der Waals surface area contributed by atoms with E-state index in [1.165, 1.54) is 0 Å². The van der Waals surface area contributed by atoms with E-state index in [1.807, 2.05) is 13.8 Å². The molecule has 1 rings (SSSR count). The molecule has 4 nitrogen and oxygen atoms in total. The minimum absolute atomic E-state index is 0.149. The van der Waals surface area contributed by atoms with Crippen molar-refractivity contribution in [3.8, 4) is 0 Å². The number of carbonyl (C=O) groups is 1. The highest BCUT2D eigenvalue weighted by Gasteiger charge is 2.47. The Hall–Kier alpha value is -0.610. The summed E-state index contributed by atoms with van der Waals surface area (Å²) >= 11 is 0. The normalized spacial score (nSPS) is 33.5. The predicted octanol–water partition coefficient (Wildman–Crippen LogP) is -0.391. The molecular weight excluding hydrogens is 168 g/mol.